The number of benzene rings is 3. The van der Waals surface area contributed by atoms with Gasteiger partial charge in [0.25, 0.3) is 11.8 Å². The highest BCUT2D eigenvalue weighted by molar-refractivity contribution is 6.25. The Bertz CT molecular complexity index is 2350. The van der Waals surface area contributed by atoms with Gasteiger partial charge in [-0.3, -0.25) is 34.4 Å². The lowest BCUT2D eigenvalue weighted by Gasteiger charge is -2.38. The number of piperidine rings is 1. The lowest BCUT2D eigenvalue weighted by molar-refractivity contribution is -0.133. The van der Waals surface area contributed by atoms with Gasteiger partial charge in [-0.1, -0.05) is 30.3 Å². The molecule has 4 heterocycles. The van der Waals surface area contributed by atoms with Crippen LogP contribution in [0.4, 0.5) is 16.2 Å². The minimum absolute atomic E-state index is 0.0726. The highest BCUT2D eigenvalue weighted by Crippen LogP contribution is 2.28. The zero-order chi connectivity index (χ0) is 45.0. The van der Waals surface area contributed by atoms with Crippen molar-refractivity contribution in [3.8, 4) is 11.5 Å². The molecule has 2 saturated heterocycles. The van der Waals surface area contributed by atoms with Gasteiger partial charge in [-0.25, -0.2) is 9.78 Å². The third-order valence-corrected chi connectivity index (χ3v) is 11.6. The van der Waals surface area contributed by atoms with E-state index in [2.05, 4.69) is 36.1 Å². The molecule has 8 N–H and O–H groups in total. The number of pyridine rings is 1. The summed E-state index contributed by atoms with van der Waals surface area (Å²) in [7, 11) is 2.01. The number of aliphatic imine (C=N–C) groups is 1. The second-order valence-corrected chi connectivity index (χ2v) is 16.1. The molecule has 0 bridgehead atoms. The Morgan fingerprint density at radius 3 is 2.30 bits per heavy atom. The molecule has 0 radical (unpaired) electrons. The Hall–Kier alpha value is -7.27. The molecule has 2 fully saturated rings. The number of aromatic nitrogens is 1. The number of amidine groups is 1. The molecule has 1 aromatic heterocycles. The van der Waals surface area contributed by atoms with Crippen molar-refractivity contribution in [2.24, 2.45) is 22.4 Å². The van der Waals surface area contributed by atoms with Gasteiger partial charge >= 0.3 is 6.03 Å². The number of nitrogens with one attached hydrogen (secondary N) is 4. The standard InChI is InChI=1S/C47H55N11O6/c1-56(30-31-7-11-34(12-8-31)50-23-24-52-46(62)39-16-13-35(29-53-39)58-28-20-40(59)55-47(58)63)25-21-41(60)57-26-18-32(19-27-57)38-17-22-51-45(54-38)42(44(49)61)43(48)33-9-14-37(15-10-33)64-36-5-3-2-4-6-36/h2-16,29,32,38,50H,17-28,30,48H2,1H3,(H2,49,61)(H,51,54)(H,52,62)(H,55,59,63)/t38-/m0/s1. The molecule has 334 valence electrons. The fourth-order valence-corrected chi connectivity index (χ4v) is 8.04. The summed E-state index contributed by atoms with van der Waals surface area (Å²) in [5.74, 6) is 0.893. The maximum atomic E-state index is 13.3. The number of urea groups is 1. The normalized spacial score (nSPS) is 17.2. The summed E-state index contributed by atoms with van der Waals surface area (Å²) in [5, 5.41) is 11.9. The van der Waals surface area contributed by atoms with Crippen molar-refractivity contribution in [2.45, 2.75) is 44.7 Å². The van der Waals surface area contributed by atoms with E-state index in [0.29, 0.717) is 86.7 Å². The largest absolute Gasteiger partial charge is 0.457 e. The maximum absolute atomic E-state index is 13.3. The average molecular weight is 870 g/mol. The van der Waals surface area contributed by atoms with Crippen LogP contribution in [0.25, 0.3) is 5.70 Å². The summed E-state index contributed by atoms with van der Waals surface area (Å²) in [5.41, 5.74) is 16.2. The third-order valence-electron chi connectivity index (χ3n) is 11.6. The number of para-hydroxylation sites is 1. The van der Waals surface area contributed by atoms with Gasteiger partial charge in [-0.05, 0) is 104 Å². The van der Waals surface area contributed by atoms with Crippen LogP contribution >= 0.6 is 0 Å². The van der Waals surface area contributed by atoms with Crippen LogP contribution in [0.15, 0.2) is 108 Å². The molecule has 3 aliphatic heterocycles. The molecule has 6 amide bonds. The molecule has 0 unspecified atom stereocenters. The number of hydrogen-bond acceptors (Lipinski definition) is 12. The number of likely N-dealkylation sites (tertiary alicyclic amines) is 1. The number of nitrogens with zero attached hydrogens (tertiary/aromatic N) is 5. The summed E-state index contributed by atoms with van der Waals surface area (Å²) in [6.07, 6.45) is 4.56. The molecule has 0 spiro atoms. The fourth-order valence-electron chi connectivity index (χ4n) is 8.04. The molecule has 4 aromatic rings. The van der Waals surface area contributed by atoms with Crippen LogP contribution in [0.3, 0.4) is 0 Å². The Morgan fingerprint density at radius 2 is 1.61 bits per heavy atom. The first-order valence-corrected chi connectivity index (χ1v) is 21.6. The van der Waals surface area contributed by atoms with Crippen molar-refractivity contribution in [3.05, 3.63) is 120 Å². The van der Waals surface area contributed by atoms with Gasteiger partial charge in [0.2, 0.25) is 11.8 Å². The highest BCUT2D eigenvalue weighted by atomic mass is 16.5. The molecule has 7 rings (SSSR count). The summed E-state index contributed by atoms with van der Waals surface area (Å²) < 4.78 is 5.90. The van der Waals surface area contributed by atoms with Crippen LogP contribution in [-0.4, -0.2) is 109 Å². The number of carbonyl (C=O) groups excluding carboxylic acids is 5. The van der Waals surface area contributed by atoms with Crippen molar-refractivity contribution < 1.29 is 28.7 Å². The van der Waals surface area contributed by atoms with Crippen LogP contribution in [0.1, 0.15) is 53.7 Å². The number of ether oxygens (including phenoxy) is 1. The van der Waals surface area contributed by atoms with E-state index in [0.717, 1.165) is 30.5 Å². The molecule has 3 aliphatic rings. The maximum Gasteiger partial charge on any atom is 0.328 e. The van der Waals surface area contributed by atoms with E-state index in [-0.39, 0.29) is 53.7 Å². The molecule has 0 saturated carbocycles. The summed E-state index contributed by atoms with van der Waals surface area (Å²) in [6, 6.07) is 27.4. The van der Waals surface area contributed by atoms with Crippen LogP contribution in [-0.2, 0) is 20.9 Å². The van der Waals surface area contributed by atoms with E-state index >= 15 is 0 Å². The fraction of sp³-hybridized carbons (Fsp3) is 0.340. The van der Waals surface area contributed by atoms with Gasteiger partial charge in [0, 0.05) is 76.9 Å². The summed E-state index contributed by atoms with van der Waals surface area (Å²) in [4.78, 5) is 76.4. The number of primary amides is 1. The number of nitrogens with two attached hydrogens (primary N) is 2. The minimum atomic E-state index is -0.655. The van der Waals surface area contributed by atoms with Crippen LogP contribution < -0.4 is 42.4 Å². The molecular weight excluding hydrogens is 815 g/mol. The smallest absolute Gasteiger partial charge is 0.328 e. The van der Waals surface area contributed by atoms with E-state index in [1.807, 2.05) is 66.5 Å². The van der Waals surface area contributed by atoms with Gasteiger partial charge in [-0.15, -0.1) is 0 Å². The van der Waals surface area contributed by atoms with Gasteiger partial charge < -0.3 is 42.0 Å². The summed E-state index contributed by atoms with van der Waals surface area (Å²) >= 11 is 0. The average Bonchev–Trinajstić information content (AvgIpc) is 3.31. The highest BCUT2D eigenvalue weighted by Gasteiger charge is 2.32. The number of amides is 6. The topological polar surface area (TPSA) is 230 Å². The lowest BCUT2D eigenvalue weighted by Crippen LogP contribution is -2.50. The predicted octanol–water partition coefficient (Wildman–Crippen LogP) is 3.84. The molecular formula is C47H55N11O6. The molecule has 17 heteroatoms. The van der Waals surface area contributed by atoms with E-state index in [1.54, 1.807) is 36.4 Å². The second kappa shape index (κ2) is 21.2. The Kier molecular flexibility index (Phi) is 14.8. The van der Waals surface area contributed by atoms with Gasteiger partial charge in [0.15, 0.2) is 0 Å². The van der Waals surface area contributed by atoms with Crippen molar-refractivity contribution in [1.29, 1.82) is 0 Å². The quantitative estimate of drug-likeness (QED) is 0.0660. The molecule has 64 heavy (non-hydrogen) atoms. The van der Waals surface area contributed by atoms with Crippen LogP contribution in [0.5, 0.6) is 11.5 Å². The monoisotopic (exact) mass is 869 g/mol. The summed E-state index contributed by atoms with van der Waals surface area (Å²) in [6.45, 7) is 4.33. The van der Waals surface area contributed by atoms with Gasteiger partial charge in [0.05, 0.1) is 17.6 Å². The zero-order valence-corrected chi connectivity index (χ0v) is 35.9. The molecule has 3 aromatic carbocycles. The van der Waals surface area contributed by atoms with Crippen molar-refractivity contribution in [1.82, 2.24) is 30.7 Å². The number of anilines is 2. The Labute approximate surface area is 372 Å². The lowest BCUT2D eigenvalue weighted by atomic mass is 9.86. The number of hydrogen-bond donors (Lipinski definition) is 6. The van der Waals surface area contributed by atoms with E-state index in [4.69, 9.17) is 16.2 Å². The first kappa shape index (κ1) is 44.8. The van der Waals surface area contributed by atoms with E-state index in [1.165, 1.54) is 11.1 Å². The molecule has 1 atom stereocenters. The first-order valence-electron chi connectivity index (χ1n) is 21.6. The van der Waals surface area contributed by atoms with Crippen molar-refractivity contribution in [3.63, 3.8) is 0 Å². The van der Waals surface area contributed by atoms with Crippen molar-refractivity contribution >= 4 is 52.6 Å². The van der Waals surface area contributed by atoms with Gasteiger partial charge in [0.1, 0.15) is 28.6 Å². The number of carbonyl (C=O) groups is 5. The Balaban J connectivity index is 0.795. The van der Waals surface area contributed by atoms with Crippen LogP contribution in [0, 0.1) is 5.92 Å². The van der Waals surface area contributed by atoms with Gasteiger partial charge in [-0.2, -0.15) is 0 Å². The predicted molar refractivity (Wildman–Crippen MR) is 244 cm³/mol. The number of rotatable bonds is 17. The second-order valence-electron chi connectivity index (χ2n) is 16.1. The third kappa shape index (κ3) is 11.8. The minimum Gasteiger partial charge on any atom is -0.457 e. The zero-order valence-electron chi connectivity index (χ0n) is 35.9. The van der Waals surface area contributed by atoms with E-state index < -0.39 is 11.9 Å². The van der Waals surface area contributed by atoms with Crippen LogP contribution in [0.2, 0.25) is 0 Å². The first-order chi connectivity index (χ1) is 31.0. The molecule has 17 nitrogen and oxygen atoms in total. The SMILES string of the molecule is CN(CCC(=O)N1CCC([C@@H]2CCN=C(C(C(N)=O)=C(N)c3ccc(Oc4ccccc4)cc3)N2)CC1)Cc1ccc(NCCNC(=O)c2ccc(N3CCC(=O)NC3=O)cn2)cc1. The van der Waals surface area contributed by atoms with Crippen molar-refractivity contribution in [2.75, 3.05) is 63.1 Å². The number of imide groups is 1. The van der Waals surface area contributed by atoms with E-state index in [9.17, 15) is 24.0 Å². The molecule has 0 aliphatic carbocycles. The Morgan fingerprint density at radius 1 is 0.875 bits per heavy atom.